The zero-order valence-electron chi connectivity index (χ0n) is 12.7. The van der Waals surface area contributed by atoms with Crippen molar-refractivity contribution in [2.75, 3.05) is 6.54 Å². The normalized spacial score (nSPS) is 16.6. The standard InChI is InChI=1S/C14H21N5O2/c1-4-18-12-10(17(3)11(16-12)9-5-6-9)13(20)19(14(18)21)8(2)7-15/h8-9H,4-7,15H2,1-3H3. The molecule has 114 valence electrons. The number of fused-ring (bicyclic) bond motifs is 1. The lowest BCUT2D eigenvalue weighted by Gasteiger charge is -2.14. The lowest BCUT2D eigenvalue weighted by Crippen LogP contribution is -2.43. The van der Waals surface area contributed by atoms with Gasteiger partial charge in [-0.05, 0) is 26.7 Å². The lowest BCUT2D eigenvalue weighted by molar-refractivity contribution is 0.492. The number of nitrogens with two attached hydrogens (primary N) is 1. The van der Waals surface area contributed by atoms with E-state index in [-0.39, 0.29) is 23.8 Å². The van der Waals surface area contributed by atoms with Gasteiger partial charge in [-0.25, -0.2) is 9.78 Å². The molecule has 7 nitrogen and oxygen atoms in total. The van der Waals surface area contributed by atoms with Crippen molar-refractivity contribution in [3.8, 4) is 0 Å². The summed E-state index contributed by atoms with van der Waals surface area (Å²) in [5.74, 6) is 1.32. The fraction of sp³-hybridized carbons (Fsp3) is 0.643. The van der Waals surface area contributed by atoms with Crippen molar-refractivity contribution in [1.29, 1.82) is 0 Å². The van der Waals surface area contributed by atoms with Crippen molar-refractivity contribution in [2.45, 2.75) is 45.2 Å². The molecule has 0 radical (unpaired) electrons. The highest BCUT2D eigenvalue weighted by Crippen LogP contribution is 2.39. The third-order valence-electron chi connectivity index (χ3n) is 4.27. The summed E-state index contributed by atoms with van der Waals surface area (Å²) in [6.07, 6.45) is 2.20. The maximum Gasteiger partial charge on any atom is 0.333 e. The van der Waals surface area contributed by atoms with Crippen molar-refractivity contribution >= 4 is 11.2 Å². The number of hydrogen-bond acceptors (Lipinski definition) is 4. The molecule has 3 rings (SSSR count). The molecule has 7 heteroatoms. The molecular weight excluding hydrogens is 270 g/mol. The van der Waals surface area contributed by atoms with Gasteiger partial charge in [0.1, 0.15) is 5.82 Å². The van der Waals surface area contributed by atoms with Crippen LogP contribution >= 0.6 is 0 Å². The Hall–Kier alpha value is -1.89. The van der Waals surface area contributed by atoms with Crippen LogP contribution in [0.3, 0.4) is 0 Å². The van der Waals surface area contributed by atoms with E-state index in [9.17, 15) is 9.59 Å². The molecule has 1 unspecified atom stereocenters. The summed E-state index contributed by atoms with van der Waals surface area (Å²) in [5.41, 5.74) is 6.03. The number of rotatable bonds is 4. The maximum atomic E-state index is 12.7. The molecule has 0 saturated heterocycles. The summed E-state index contributed by atoms with van der Waals surface area (Å²) in [7, 11) is 1.85. The predicted octanol–water partition coefficient (Wildman–Crippen LogP) is 0.314. The van der Waals surface area contributed by atoms with Crippen LogP contribution < -0.4 is 17.0 Å². The summed E-state index contributed by atoms with van der Waals surface area (Å²) in [4.78, 5) is 29.9. The fourth-order valence-corrected chi connectivity index (χ4v) is 2.84. The summed E-state index contributed by atoms with van der Waals surface area (Å²) in [6.45, 7) is 4.40. The Bertz CT molecular complexity index is 809. The average Bonchev–Trinajstić information content (AvgIpc) is 3.23. The molecule has 2 N–H and O–H groups in total. The van der Waals surface area contributed by atoms with Gasteiger partial charge >= 0.3 is 5.69 Å². The van der Waals surface area contributed by atoms with E-state index in [1.807, 2.05) is 18.5 Å². The van der Waals surface area contributed by atoms with Gasteiger partial charge in [0, 0.05) is 26.1 Å². The number of aromatic nitrogens is 4. The van der Waals surface area contributed by atoms with Crippen molar-refractivity contribution in [3.05, 3.63) is 26.7 Å². The molecule has 0 aliphatic heterocycles. The second-order valence-corrected chi connectivity index (χ2v) is 5.76. The van der Waals surface area contributed by atoms with Gasteiger partial charge in [0.05, 0.1) is 6.04 Å². The van der Waals surface area contributed by atoms with E-state index in [1.54, 1.807) is 11.5 Å². The van der Waals surface area contributed by atoms with Crippen LogP contribution in [0.15, 0.2) is 9.59 Å². The SMILES string of the molecule is CCn1c(=O)n(C(C)CN)c(=O)c2c1nc(C1CC1)n2C. The van der Waals surface area contributed by atoms with Gasteiger partial charge in [-0.2, -0.15) is 0 Å². The molecule has 1 fully saturated rings. The van der Waals surface area contributed by atoms with Gasteiger partial charge in [0.25, 0.3) is 5.56 Å². The van der Waals surface area contributed by atoms with Crippen LogP contribution in [0, 0.1) is 0 Å². The minimum absolute atomic E-state index is 0.248. The predicted molar refractivity (Wildman–Crippen MR) is 80.6 cm³/mol. The van der Waals surface area contributed by atoms with Gasteiger partial charge in [-0.3, -0.25) is 13.9 Å². The second-order valence-electron chi connectivity index (χ2n) is 5.76. The molecule has 0 bridgehead atoms. The van der Waals surface area contributed by atoms with E-state index >= 15 is 0 Å². The first kappa shape index (κ1) is 14.1. The number of nitrogens with zero attached hydrogens (tertiary/aromatic N) is 4. The van der Waals surface area contributed by atoms with E-state index in [1.165, 1.54) is 4.57 Å². The van der Waals surface area contributed by atoms with Crippen molar-refractivity contribution in [3.63, 3.8) is 0 Å². The van der Waals surface area contributed by atoms with E-state index in [4.69, 9.17) is 5.73 Å². The average molecular weight is 291 g/mol. The van der Waals surface area contributed by atoms with Crippen LogP contribution in [0.4, 0.5) is 0 Å². The van der Waals surface area contributed by atoms with Gasteiger partial charge in [-0.1, -0.05) is 0 Å². The molecule has 1 atom stereocenters. The molecule has 2 heterocycles. The highest BCUT2D eigenvalue weighted by atomic mass is 16.2. The first-order valence-corrected chi connectivity index (χ1v) is 7.42. The number of hydrogen-bond donors (Lipinski definition) is 1. The Morgan fingerprint density at radius 3 is 2.57 bits per heavy atom. The van der Waals surface area contributed by atoms with Crippen LogP contribution in [0.2, 0.25) is 0 Å². The smallest absolute Gasteiger partial charge is 0.328 e. The van der Waals surface area contributed by atoms with E-state index in [2.05, 4.69) is 4.98 Å². The Labute approximate surface area is 122 Å². The largest absolute Gasteiger partial charge is 0.333 e. The minimum Gasteiger partial charge on any atom is -0.328 e. The third-order valence-corrected chi connectivity index (χ3v) is 4.27. The zero-order chi connectivity index (χ0) is 15.3. The van der Waals surface area contributed by atoms with Gasteiger partial charge in [0.2, 0.25) is 0 Å². The summed E-state index contributed by atoms with van der Waals surface area (Å²) >= 11 is 0. The first-order valence-electron chi connectivity index (χ1n) is 7.42. The molecule has 0 aromatic carbocycles. The molecular formula is C14H21N5O2. The molecule has 2 aromatic heterocycles. The topological polar surface area (TPSA) is 87.8 Å². The Morgan fingerprint density at radius 2 is 2.05 bits per heavy atom. The lowest BCUT2D eigenvalue weighted by atomic mass is 10.3. The Kier molecular flexibility index (Phi) is 3.24. The maximum absolute atomic E-state index is 12.7. The monoisotopic (exact) mass is 291 g/mol. The van der Waals surface area contributed by atoms with E-state index < -0.39 is 0 Å². The number of aryl methyl sites for hydroxylation is 2. The molecule has 0 spiro atoms. The minimum atomic E-state index is -0.327. The summed E-state index contributed by atoms with van der Waals surface area (Å²) < 4.78 is 4.67. The Balaban J connectivity index is 2.43. The van der Waals surface area contributed by atoms with Crippen LogP contribution in [-0.2, 0) is 13.6 Å². The van der Waals surface area contributed by atoms with Crippen molar-refractivity contribution in [2.24, 2.45) is 12.8 Å². The highest BCUT2D eigenvalue weighted by Gasteiger charge is 2.31. The Morgan fingerprint density at radius 1 is 1.38 bits per heavy atom. The van der Waals surface area contributed by atoms with E-state index in [0.717, 1.165) is 18.7 Å². The van der Waals surface area contributed by atoms with E-state index in [0.29, 0.717) is 23.6 Å². The summed E-state index contributed by atoms with van der Waals surface area (Å²) in [6, 6.07) is -0.327. The first-order chi connectivity index (χ1) is 10.0. The number of imidazole rings is 1. The molecule has 21 heavy (non-hydrogen) atoms. The molecule has 1 aliphatic carbocycles. The quantitative estimate of drug-likeness (QED) is 0.878. The molecule has 0 amide bonds. The molecule has 1 aliphatic rings. The van der Waals surface area contributed by atoms with Crippen LogP contribution in [0.5, 0.6) is 0 Å². The van der Waals surface area contributed by atoms with Crippen LogP contribution in [0.25, 0.3) is 11.2 Å². The van der Waals surface area contributed by atoms with Crippen LogP contribution in [-0.4, -0.2) is 25.2 Å². The van der Waals surface area contributed by atoms with Crippen molar-refractivity contribution in [1.82, 2.24) is 18.7 Å². The second kappa shape index (κ2) is 4.84. The van der Waals surface area contributed by atoms with Crippen LogP contribution in [0.1, 0.15) is 44.5 Å². The van der Waals surface area contributed by atoms with Gasteiger partial charge < -0.3 is 10.3 Å². The zero-order valence-corrected chi connectivity index (χ0v) is 12.7. The third kappa shape index (κ3) is 1.95. The molecule has 1 saturated carbocycles. The fourth-order valence-electron chi connectivity index (χ4n) is 2.84. The highest BCUT2D eigenvalue weighted by molar-refractivity contribution is 5.71. The molecule has 2 aromatic rings. The van der Waals surface area contributed by atoms with Gasteiger partial charge in [-0.15, -0.1) is 0 Å². The van der Waals surface area contributed by atoms with Gasteiger partial charge in [0.15, 0.2) is 11.2 Å². The van der Waals surface area contributed by atoms with Crippen molar-refractivity contribution < 1.29 is 0 Å². The summed E-state index contributed by atoms with van der Waals surface area (Å²) in [5, 5.41) is 0.